The SMILES string of the molecule is COc1ncc(C(F)F)c(CC(=O)O)c1C(F)(F)F. The van der Waals surface area contributed by atoms with Crippen LogP contribution < -0.4 is 4.74 Å². The summed E-state index contributed by atoms with van der Waals surface area (Å²) >= 11 is 0. The van der Waals surface area contributed by atoms with Crippen LogP contribution in [0.5, 0.6) is 5.88 Å². The molecule has 9 heteroatoms. The van der Waals surface area contributed by atoms with E-state index in [1.165, 1.54) is 0 Å². The Balaban J connectivity index is 3.60. The highest BCUT2D eigenvalue weighted by atomic mass is 19.4. The number of aromatic nitrogens is 1. The van der Waals surface area contributed by atoms with Crippen molar-refractivity contribution in [1.29, 1.82) is 0 Å². The minimum Gasteiger partial charge on any atom is -0.481 e. The second-order valence-corrected chi connectivity index (χ2v) is 3.45. The number of ether oxygens (including phenoxy) is 1. The van der Waals surface area contributed by atoms with Crippen LogP contribution in [0.25, 0.3) is 0 Å². The molecule has 0 unspecified atom stereocenters. The molecular formula is C10H8F5NO3. The second kappa shape index (κ2) is 5.37. The van der Waals surface area contributed by atoms with Gasteiger partial charge in [0.2, 0.25) is 5.88 Å². The van der Waals surface area contributed by atoms with Gasteiger partial charge in [0.05, 0.1) is 13.5 Å². The summed E-state index contributed by atoms with van der Waals surface area (Å²) in [5, 5.41) is 8.55. The van der Waals surface area contributed by atoms with E-state index in [1.54, 1.807) is 0 Å². The molecule has 1 aromatic rings. The van der Waals surface area contributed by atoms with Gasteiger partial charge in [0.15, 0.2) is 0 Å². The molecule has 0 radical (unpaired) electrons. The Kier molecular flexibility index (Phi) is 4.28. The molecule has 4 nitrogen and oxygen atoms in total. The first-order valence-corrected chi connectivity index (χ1v) is 4.81. The largest absolute Gasteiger partial charge is 0.481 e. The summed E-state index contributed by atoms with van der Waals surface area (Å²) in [6.07, 6.45) is -9.04. The molecule has 0 aromatic carbocycles. The van der Waals surface area contributed by atoms with Crippen LogP contribution in [0.1, 0.15) is 23.1 Å². The number of aliphatic carboxylic acids is 1. The molecule has 1 rings (SSSR count). The first kappa shape index (κ1) is 15.1. The average molecular weight is 285 g/mol. The van der Waals surface area contributed by atoms with E-state index < -0.39 is 47.6 Å². The molecule has 1 N–H and O–H groups in total. The molecule has 106 valence electrons. The fraction of sp³-hybridized carbons (Fsp3) is 0.400. The number of nitrogens with zero attached hydrogens (tertiary/aromatic N) is 1. The summed E-state index contributed by atoms with van der Waals surface area (Å²) in [6, 6.07) is 0. The topological polar surface area (TPSA) is 59.4 Å². The van der Waals surface area contributed by atoms with Gasteiger partial charge in [-0.15, -0.1) is 0 Å². The summed E-state index contributed by atoms with van der Waals surface area (Å²) in [6.45, 7) is 0. The van der Waals surface area contributed by atoms with Gasteiger partial charge in [0, 0.05) is 11.8 Å². The lowest BCUT2D eigenvalue weighted by Crippen LogP contribution is -2.17. The maximum Gasteiger partial charge on any atom is 0.421 e. The molecule has 1 heterocycles. The first-order chi connectivity index (χ1) is 8.68. The summed E-state index contributed by atoms with van der Waals surface area (Å²) in [7, 11) is 0.879. The van der Waals surface area contributed by atoms with Gasteiger partial charge in [0.25, 0.3) is 6.43 Å². The van der Waals surface area contributed by atoms with E-state index >= 15 is 0 Å². The summed E-state index contributed by atoms with van der Waals surface area (Å²) in [5.74, 6) is -2.60. The van der Waals surface area contributed by atoms with Gasteiger partial charge >= 0.3 is 12.1 Å². The Morgan fingerprint density at radius 3 is 2.42 bits per heavy atom. The van der Waals surface area contributed by atoms with Gasteiger partial charge in [-0.1, -0.05) is 0 Å². The molecule has 0 spiro atoms. The predicted molar refractivity (Wildman–Crippen MR) is 52.1 cm³/mol. The summed E-state index contributed by atoms with van der Waals surface area (Å²) in [5.41, 5.74) is -3.70. The number of carboxylic acid groups (broad SMARTS) is 1. The quantitative estimate of drug-likeness (QED) is 0.864. The van der Waals surface area contributed by atoms with E-state index in [0.29, 0.717) is 6.20 Å². The minimum atomic E-state index is -5.05. The zero-order valence-electron chi connectivity index (χ0n) is 9.46. The van der Waals surface area contributed by atoms with E-state index in [0.717, 1.165) is 7.11 Å². The lowest BCUT2D eigenvalue weighted by atomic mass is 10.0. The lowest BCUT2D eigenvalue weighted by Gasteiger charge is -2.17. The molecule has 0 saturated carbocycles. The van der Waals surface area contributed by atoms with Crippen LogP contribution >= 0.6 is 0 Å². The van der Waals surface area contributed by atoms with Crippen molar-refractivity contribution in [3.8, 4) is 5.88 Å². The van der Waals surface area contributed by atoms with Crippen LogP contribution in [0, 0.1) is 0 Å². The van der Waals surface area contributed by atoms with Gasteiger partial charge in [0.1, 0.15) is 5.56 Å². The number of carboxylic acids is 1. The highest BCUT2D eigenvalue weighted by Crippen LogP contribution is 2.40. The Labute approximate surface area is 103 Å². The number of hydrogen-bond donors (Lipinski definition) is 1. The van der Waals surface area contributed by atoms with Gasteiger partial charge in [-0.2, -0.15) is 13.2 Å². The molecule has 0 fully saturated rings. The minimum absolute atomic E-state index is 0.483. The number of halogens is 5. The fourth-order valence-electron chi connectivity index (χ4n) is 1.52. The Morgan fingerprint density at radius 1 is 1.47 bits per heavy atom. The average Bonchev–Trinajstić information content (AvgIpc) is 2.25. The fourth-order valence-corrected chi connectivity index (χ4v) is 1.52. The summed E-state index contributed by atoms with van der Waals surface area (Å²) in [4.78, 5) is 13.7. The normalized spacial score (nSPS) is 11.7. The van der Waals surface area contributed by atoms with Crippen molar-refractivity contribution in [2.45, 2.75) is 19.0 Å². The third kappa shape index (κ3) is 3.30. The lowest BCUT2D eigenvalue weighted by molar-refractivity contribution is -0.141. The maximum absolute atomic E-state index is 12.8. The Bertz CT molecular complexity index is 487. The molecule has 0 atom stereocenters. The van der Waals surface area contributed by atoms with Crippen molar-refractivity contribution in [1.82, 2.24) is 4.98 Å². The standard InChI is InChI=1S/C10H8F5NO3/c1-19-9-7(10(13,14)15)4(2-6(17)18)5(3-16-9)8(11)12/h3,8H,2H2,1H3,(H,17,18). The summed E-state index contributed by atoms with van der Waals surface area (Å²) < 4.78 is 68.1. The van der Waals surface area contributed by atoms with Crippen molar-refractivity contribution in [2.24, 2.45) is 0 Å². The monoisotopic (exact) mass is 285 g/mol. The van der Waals surface area contributed by atoms with Gasteiger partial charge < -0.3 is 9.84 Å². The van der Waals surface area contributed by atoms with E-state index in [4.69, 9.17) is 5.11 Å². The molecule has 0 amide bonds. The number of hydrogen-bond acceptors (Lipinski definition) is 3. The molecule has 0 aliphatic carbocycles. The predicted octanol–water partition coefficient (Wildman–Crippen LogP) is 2.67. The molecular weight excluding hydrogens is 277 g/mol. The van der Waals surface area contributed by atoms with Crippen molar-refractivity contribution in [3.63, 3.8) is 0 Å². The van der Waals surface area contributed by atoms with E-state index in [1.807, 2.05) is 0 Å². The molecule has 19 heavy (non-hydrogen) atoms. The molecule has 0 aliphatic rings. The molecule has 0 saturated heterocycles. The van der Waals surface area contributed by atoms with Crippen molar-refractivity contribution >= 4 is 5.97 Å². The van der Waals surface area contributed by atoms with E-state index in [-0.39, 0.29) is 0 Å². The highest BCUT2D eigenvalue weighted by Gasteiger charge is 2.40. The molecule has 1 aromatic heterocycles. The number of rotatable bonds is 4. The van der Waals surface area contributed by atoms with E-state index in [9.17, 15) is 26.7 Å². The van der Waals surface area contributed by atoms with Crippen molar-refractivity contribution in [2.75, 3.05) is 7.11 Å². The van der Waals surface area contributed by atoms with E-state index in [2.05, 4.69) is 9.72 Å². The van der Waals surface area contributed by atoms with Gasteiger partial charge in [-0.3, -0.25) is 4.79 Å². The Morgan fingerprint density at radius 2 is 2.05 bits per heavy atom. The Hall–Kier alpha value is -1.93. The van der Waals surface area contributed by atoms with Gasteiger partial charge in [-0.05, 0) is 5.56 Å². The van der Waals surface area contributed by atoms with Crippen LogP contribution in [-0.2, 0) is 17.4 Å². The van der Waals surface area contributed by atoms with Gasteiger partial charge in [-0.25, -0.2) is 13.8 Å². The zero-order valence-corrected chi connectivity index (χ0v) is 9.46. The number of methoxy groups -OCH3 is 1. The van der Waals surface area contributed by atoms with Crippen LogP contribution in [0.3, 0.4) is 0 Å². The third-order valence-corrected chi connectivity index (χ3v) is 2.22. The number of alkyl halides is 5. The van der Waals surface area contributed by atoms with Crippen LogP contribution in [0.4, 0.5) is 22.0 Å². The smallest absolute Gasteiger partial charge is 0.421 e. The number of carbonyl (C=O) groups is 1. The zero-order chi connectivity index (χ0) is 14.8. The molecule has 0 bridgehead atoms. The second-order valence-electron chi connectivity index (χ2n) is 3.45. The number of pyridine rings is 1. The van der Waals surface area contributed by atoms with Crippen LogP contribution in [0.2, 0.25) is 0 Å². The van der Waals surface area contributed by atoms with Crippen LogP contribution in [0.15, 0.2) is 6.20 Å². The van der Waals surface area contributed by atoms with Crippen molar-refractivity contribution in [3.05, 3.63) is 22.9 Å². The highest BCUT2D eigenvalue weighted by molar-refractivity contribution is 5.72. The first-order valence-electron chi connectivity index (χ1n) is 4.81. The maximum atomic E-state index is 12.8. The van der Waals surface area contributed by atoms with Crippen LogP contribution in [-0.4, -0.2) is 23.2 Å². The molecule has 0 aliphatic heterocycles. The van der Waals surface area contributed by atoms with Crippen molar-refractivity contribution < 1.29 is 36.6 Å². The third-order valence-electron chi connectivity index (χ3n) is 2.22.